The summed E-state index contributed by atoms with van der Waals surface area (Å²) < 4.78 is 31.2. The number of nitrogens with one attached hydrogen (secondary N) is 1. The molecule has 8 heteroatoms. The van der Waals surface area contributed by atoms with Crippen LogP contribution >= 0.6 is 0 Å². The number of fused-ring (bicyclic) bond motifs is 1. The van der Waals surface area contributed by atoms with Gasteiger partial charge in [0.2, 0.25) is 5.39 Å². The third-order valence-electron chi connectivity index (χ3n) is 5.12. The molecule has 0 atom stereocenters. The standard InChI is InChI=1S/C13H29N.C10H6N2O4S/c1-3-4-5-6-7-8-9-10-11-12-13-14-2;11-12-8-5-4-6-7(10(8)13)2-1-3-9(6)17(14,15)16/h14H,3-13H2,1-2H3;1-5H,(H-,13,14,15,16). The highest BCUT2D eigenvalue weighted by Gasteiger charge is 2.16. The number of hydrogen-bond donors (Lipinski definition) is 2. The molecule has 0 aliphatic carbocycles. The van der Waals surface area contributed by atoms with Crippen LogP contribution in [0.5, 0.6) is 5.75 Å². The molecule has 0 amide bonds. The van der Waals surface area contributed by atoms with Crippen molar-refractivity contribution in [1.29, 1.82) is 5.39 Å². The molecule has 0 heterocycles. The van der Waals surface area contributed by atoms with E-state index in [1.165, 1.54) is 101 Å². The van der Waals surface area contributed by atoms with Crippen molar-refractivity contribution in [3.63, 3.8) is 0 Å². The molecule has 0 fully saturated rings. The number of benzene rings is 2. The molecular weight excluding hydrogens is 414 g/mol. The van der Waals surface area contributed by atoms with Crippen molar-refractivity contribution < 1.29 is 18.1 Å². The lowest BCUT2D eigenvalue weighted by atomic mass is 10.1. The fourth-order valence-electron chi connectivity index (χ4n) is 3.38. The first kappa shape index (κ1) is 26.8. The lowest BCUT2D eigenvalue weighted by Gasteiger charge is -2.09. The van der Waals surface area contributed by atoms with Crippen LogP contribution in [-0.2, 0) is 10.1 Å². The molecule has 2 aromatic carbocycles. The number of diazo groups is 1. The van der Waals surface area contributed by atoms with E-state index in [1.807, 2.05) is 7.05 Å². The van der Waals surface area contributed by atoms with Gasteiger partial charge in [-0.25, -0.2) is 0 Å². The van der Waals surface area contributed by atoms with E-state index in [-0.39, 0.29) is 21.4 Å². The Kier molecular flexibility index (Phi) is 12.8. The fourth-order valence-corrected chi connectivity index (χ4v) is 4.09. The summed E-state index contributed by atoms with van der Waals surface area (Å²) in [6.45, 7) is 3.47. The number of nitrogens with zero attached hydrogens (tertiary/aromatic N) is 2. The summed E-state index contributed by atoms with van der Waals surface area (Å²) in [7, 11) is -2.36. The van der Waals surface area contributed by atoms with Gasteiger partial charge in [0.25, 0.3) is 10.1 Å². The van der Waals surface area contributed by atoms with Gasteiger partial charge in [0.1, 0.15) is 4.90 Å². The first-order valence-electron chi connectivity index (χ1n) is 11.1. The van der Waals surface area contributed by atoms with Gasteiger partial charge in [-0.1, -0.05) is 76.8 Å². The largest absolute Gasteiger partial charge is 0.867 e. The number of unbranched alkanes of at least 4 members (excludes halogenated alkanes) is 9. The van der Waals surface area contributed by atoms with Crippen LogP contribution in [0.3, 0.4) is 0 Å². The normalized spacial score (nSPS) is 11.0. The van der Waals surface area contributed by atoms with Crippen molar-refractivity contribution in [2.24, 2.45) is 0 Å². The molecule has 0 aromatic heterocycles. The van der Waals surface area contributed by atoms with Crippen LogP contribution < -0.4 is 10.4 Å². The SMILES string of the molecule is CCCCCCCCCCCCNC.N#[N+]c1ccc2c(S(=O)(=O)O)cccc2c1[O-]. The van der Waals surface area contributed by atoms with E-state index in [2.05, 4.69) is 17.2 Å². The van der Waals surface area contributed by atoms with Crippen molar-refractivity contribution in [3.8, 4) is 5.75 Å². The lowest BCUT2D eigenvalue weighted by Crippen LogP contribution is -2.06. The molecule has 0 saturated carbocycles. The zero-order valence-corrected chi connectivity index (χ0v) is 19.5. The maximum absolute atomic E-state index is 11.7. The summed E-state index contributed by atoms with van der Waals surface area (Å²) in [5, 5.41) is 23.6. The first-order valence-corrected chi connectivity index (χ1v) is 12.5. The van der Waals surface area contributed by atoms with Crippen molar-refractivity contribution >= 4 is 26.6 Å². The predicted octanol–water partition coefficient (Wildman–Crippen LogP) is 5.77. The van der Waals surface area contributed by atoms with Crippen molar-refractivity contribution in [2.75, 3.05) is 13.6 Å². The third-order valence-corrected chi connectivity index (χ3v) is 6.03. The Morgan fingerprint density at radius 1 is 0.935 bits per heavy atom. The van der Waals surface area contributed by atoms with Crippen LogP contribution in [0.25, 0.3) is 15.7 Å². The summed E-state index contributed by atoms with van der Waals surface area (Å²) in [4.78, 5) is 2.44. The highest BCUT2D eigenvalue weighted by atomic mass is 32.2. The molecule has 0 spiro atoms. The highest BCUT2D eigenvalue weighted by molar-refractivity contribution is 7.86. The minimum absolute atomic E-state index is 0.0652. The van der Waals surface area contributed by atoms with Gasteiger partial charge < -0.3 is 10.4 Å². The van der Waals surface area contributed by atoms with E-state index in [4.69, 9.17) is 9.95 Å². The van der Waals surface area contributed by atoms with Gasteiger partial charge in [-0.3, -0.25) is 4.55 Å². The molecule has 172 valence electrons. The molecule has 0 unspecified atom stereocenters. The highest BCUT2D eigenvalue weighted by Crippen LogP contribution is 2.35. The summed E-state index contributed by atoms with van der Waals surface area (Å²) >= 11 is 0. The van der Waals surface area contributed by atoms with E-state index in [9.17, 15) is 13.5 Å². The van der Waals surface area contributed by atoms with E-state index < -0.39 is 15.9 Å². The van der Waals surface area contributed by atoms with E-state index in [0.717, 1.165) is 0 Å². The van der Waals surface area contributed by atoms with Gasteiger partial charge in [0.15, 0.2) is 4.98 Å². The second-order valence-electron chi connectivity index (χ2n) is 7.63. The Balaban J connectivity index is 0.000000318. The zero-order chi connectivity index (χ0) is 23.1. The topological polar surface area (TPSA) is 118 Å². The summed E-state index contributed by atoms with van der Waals surface area (Å²) in [6.07, 6.45) is 14.3. The van der Waals surface area contributed by atoms with Crippen LogP contribution in [-0.4, -0.2) is 26.6 Å². The number of rotatable bonds is 12. The van der Waals surface area contributed by atoms with Gasteiger partial charge >= 0.3 is 5.69 Å². The van der Waals surface area contributed by atoms with Gasteiger partial charge in [-0.2, -0.15) is 8.42 Å². The van der Waals surface area contributed by atoms with Gasteiger partial charge in [-0.05, 0) is 43.3 Å². The monoisotopic (exact) mass is 449 g/mol. The molecule has 31 heavy (non-hydrogen) atoms. The van der Waals surface area contributed by atoms with Crippen LogP contribution in [0.1, 0.15) is 71.1 Å². The maximum atomic E-state index is 11.7. The Morgan fingerprint density at radius 2 is 1.52 bits per heavy atom. The van der Waals surface area contributed by atoms with Crippen LogP contribution in [0.4, 0.5) is 5.69 Å². The Labute approximate surface area is 186 Å². The molecule has 2 N–H and O–H groups in total. The van der Waals surface area contributed by atoms with E-state index >= 15 is 0 Å². The van der Waals surface area contributed by atoms with Crippen molar-refractivity contribution in [3.05, 3.63) is 35.3 Å². The molecule has 0 bridgehead atoms. The summed E-state index contributed by atoms with van der Waals surface area (Å²) in [5.74, 6) is -0.601. The Hall–Kier alpha value is -2.21. The van der Waals surface area contributed by atoms with Crippen molar-refractivity contribution in [1.82, 2.24) is 5.32 Å². The smallest absolute Gasteiger partial charge is 0.378 e. The summed E-state index contributed by atoms with van der Waals surface area (Å²) in [5.41, 5.74) is -0.190. The molecule has 2 rings (SSSR count). The average Bonchev–Trinajstić information content (AvgIpc) is 2.75. The molecule has 0 aliphatic rings. The molecule has 7 nitrogen and oxygen atoms in total. The van der Waals surface area contributed by atoms with E-state index in [0.29, 0.717) is 0 Å². The predicted molar refractivity (Wildman–Crippen MR) is 124 cm³/mol. The zero-order valence-electron chi connectivity index (χ0n) is 18.6. The van der Waals surface area contributed by atoms with Crippen molar-refractivity contribution in [2.45, 2.75) is 76.0 Å². The van der Waals surface area contributed by atoms with Gasteiger partial charge in [0.05, 0.1) is 0 Å². The first-order chi connectivity index (χ1) is 14.9. The fraction of sp³-hybridized carbons (Fsp3) is 0.565. The van der Waals surface area contributed by atoms with Crippen LogP contribution in [0, 0.1) is 5.39 Å². The molecule has 2 aromatic rings. The second-order valence-corrected chi connectivity index (χ2v) is 9.02. The quantitative estimate of drug-likeness (QED) is 0.241. The summed E-state index contributed by atoms with van der Waals surface area (Å²) in [6, 6.07) is 6.39. The van der Waals surface area contributed by atoms with Gasteiger partial charge in [-0.15, -0.1) is 0 Å². The number of hydrogen-bond acceptors (Lipinski definition) is 5. The molecule has 0 aliphatic heterocycles. The van der Waals surface area contributed by atoms with Crippen LogP contribution in [0.15, 0.2) is 35.2 Å². The Morgan fingerprint density at radius 3 is 2.03 bits per heavy atom. The third kappa shape index (κ3) is 9.64. The van der Waals surface area contributed by atoms with Crippen LogP contribution in [0.2, 0.25) is 0 Å². The maximum Gasteiger partial charge on any atom is 0.378 e. The minimum Gasteiger partial charge on any atom is -0.867 e. The molecule has 0 radical (unpaired) electrons. The average molecular weight is 450 g/mol. The van der Waals surface area contributed by atoms with Gasteiger partial charge in [0, 0.05) is 11.5 Å². The van der Waals surface area contributed by atoms with E-state index in [1.54, 1.807) is 0 Å². The second kappa shape index (κ2) is 14.7. The minimum atomic E-state index is -4.40. The molecular formula is C23H35N3O4S. The lowest BCUT2D eigenvalue weighted by molar-refractivity contribution is -0.264. The Bertz CT molecular complexity index is 928. The molecule has 0 saturated heterocycles.